The molecule has 5 rings (SSSR count). The zero-order chi connectivity index (χ0) is 22.3. The highest BCUT2D eigenvalue weighted by Gasteiger charge is 2.35. The van der Waals surface area contributed by atoms with Gasteiger partial charge in [-0.25, -0.2) is 4.68 Å². The van der Waals surface area contributed by atoms with Crippen molar-refractivity contribution in [3.05, 3.63) is 96.2 Å². The Labute approximate surface area is 181 Å². The van der Waals surface area contributed by atoms with Crippen molar-refractivity contribution >= 4 is 27.8 Å². The largest absolute Gasteiger partial charge is 0.435 e. The highest BCUT2D eigenvalue weighted by Crippen LogP contribution is 2.35. The van der Waals surface area contributed by atoms with Gasteiger partial charge in [-0.1, -0.05) is 60.7 Å². The molecule has 1 heterocycles. The molecular weight excluding hydrogens is 413 g/mol. The van der Waals surface area contributed by atoms with E-state index in [0.717, 1.165) is 33.2 Å². The molecule has 2 N–H and O–H groups in total. The monoisotopic (exact) mass is 430 g/mol. The summed E-state index contributed by atoms with van der Waals surface area (Å²) in [5.41, 5.74) is 1.29. The first kappa shape index (κ1) is 19.8. The lowest BCUT2D eigenvalue weighted by Gasteiger charge is -2.10. The fourth-order valence-corrected chi connectivity index (χ4v) is 3.88. The molecule has 4 nitrogen and oxygen atoms in total. The Bertz CT molecular complexity index is 1460. The Morgan fingerprint density at radius 1 is 0.812 bits per heavy atom. The van der Waals surface area contributed by atoms with E-state index in [9.17, 15) is 13.2 Å². The van der Waals surface area contributed by atoms with Crippen LogP contribution in [0.2, 0.25) is 0 Å². The van der Waals surface area contributed by atoms with Crippen molar-refractivity contribution in [2.75, 3.05) is 0 Å². The molecule has 0 radical (unpaired) electrons. The Morgan fingerprint density at radius 3 is 2.28 bits per heavy atom. The number of alkyl halides is 3. The third-order valence-electron chi connectivity index (χ3n) is 5.40. The van der Waals surface area contributed by atoms with E-state index in [1.807, 2.05) is 54.6 Å². The smallest absolute Gasteiger partial charge is 0.323 e. The summed E-state index contributed by atoms with van der Waals surface area (Å²) in [5.74, 6) is 5.17. The molecule has 0 aliphatic rings. The number of nitrogens with two attached hydrogens (primary N) is 1. The molecule has 7 heteroatoms. The molecular formula is C25H17F3N4. The van der Waals surface area contributed by atoms with E-state index in [1.54, 1.807) is 24.3 Å². The van der Waals surface area contributed by atoms with E-state index < -0.39 is 11.9 Å². The number of hydrogen-bond acceptors (Lipinski definition) is 3. The van der Waals surface area contributed by atoms with Gasteiger partial charge < -0.3 is 5.84 Å². The summed E-state index contributed by atoms with van der Waals surface area (Å²) >= 11 is 0. The Kier molecular flexibility index (Phi) is 4.66. The van der Waals surface area contributed by atoms with Gasteiger partial charge in [0.25, 0.3) is 0 Å². The average molecular weight is 430 g/mol. The zero-order valence-electron chi connectivity index (χ0n) is 16.7. The second-order valence-corrected chi connectivity index (χ2v) is 7.42. The lowest BCUT2D eigenvalue weighted by molar-refractivity contribution is -0.141. The quantitative estimate of drug-likeness (QED) is 0.161. The van der Waals surface area contributed by atoms with E-state index in [2.05, 4.69) is 10.2 Å². The van der Waals surface area contributed by atoms with Crippen molar-refractivity contribution in [3.63, 3.8) is 0 Å². The third kappa shape index (κ3) is 3.47. The number of benzene rings is 4. The normalized spacial score (nSPS) is 12.2. The van der Waals surface area contributed by atoms with Crippen molar-refractivity contribution < 1.29 is 13.2 Å². The summed E-state index contributed by atoms with van der Waals surface area (Å²) in [6, 6.07) is 25.6. The number of nitrogens with zero attached hydrogens (tertiary/aromatic N) is 3. The predicted molar refractivity (Wildman–Crippen MR) is 121 cm³/mol. The maximum absolute atomic E-state index is 13.5. The van der Waals surface area contributed by atoms with Gasteiger partial charge in [-0.2, -0.15) is 23.4 Å². The Hall–Kier alpha value is -4.13. The van der Waals surface area contributed by atoms with Crippen LogP contribution in [-0.4, -0.2) is 16.0 Å². The second kappa shape index (κ2) is 7.53. The SMILES string of the molecule is NN=Cc1ccc(-n2nc(C(F)(F)F)cc2-c2ccc3c(ccc4ccccc43)c2)cc1. The summed E-state index contributed by atoms with van der Waals surface area (Å²) < 4.78 is 41.8. The van der Waals surface area contributed by atoms with Crippen LogP contribution in [0.25, 0.3) is 38.5 Å². The van der Waals surface area contributed by atoms with Crippen LogP contribution in [0, 0.1) is 0 Å². The number of hydrogen-bond donors (Lipinski definition) is 1. The van der Waals surface area contributed by atoms with Crippen molar-refractivity contribution in [1.29, 1.82) is 0 Å². The summed E-state index contributed by atoms with van der Waals surface area (Å²) in [7, 11) is 0. The summed E-state index contributed by atoms with van der Waals surface area (Å²) in [4.78, 5) is 0. The van der Waals surface area contributed by atoms with E-state index >= 15 is 0 Å². The standard InChI is InChI=1S/C25H17F3N4/c26-25(27,28)24-14-23(32(31-24)20-10-5-16(6-11-20)15-30-29)19-9-12-22-18(13-19)8-7-17-3-1-2-4-21(17)22/h1-15H,29H2. The predicted octanol–water partition coefficient (Wildman–Crippen LogP) is 6.16. The molecule has 0 saturated heterocycles. The first-order valence-corrected chi connectivity index (χ1v) is 9.87. The van der Waals surface area contributed by atoms with Crippen LogP contribution in [0.1, 0.15) is 11.3 Å². The molecule has 0 aliphatic carbocycles. The number of fused-ring (bicyclic) bond motifs is 3. The van der Waals surface area contributed by atoms with Gasteiger partial charge in [-0.15, -0.1) is 0 Å². The highest BCUT2D eigenvalue weighted by molar-refractivity contribution is 6.08. The summed E-state index contributed by atoms with van der Waals surface area (Å²) in [5, 5.41) is 11.5. The number of halogens is 3. The van der Waals surface area contributed by atoms with E-state index in [1.165, 1.54) is 10.9 Å². The van der Waals surface area contributed by atoms with Crippen molar-refractivity contribution in [3.8, 4) is 16.9 Å². The number of rotatable bonds is 3. The molecule has 0 aliphatic heterocycles. The van der Waals surface area contributed by atoms with Gasteiger partial charge in [-0.3, -0.25) is 0 Å². The lowest BCUT2D eigenvalue weighted by atomic mass is 9.99. The molecule has 0 amide bonds. The first-order valence-electron chi connectivity index (χ1n) is 9.87. The fraction of sp³-hybridized carbons (Fsp3) is 0.0400. The van der Waals surface area contributed by atoms with Crippen molar-refractivity contribution in [2.24, 2.45) is 10.9 Å². The number of aromatic nitrogens is 2. The molecule has 5 aromatic rings. The van der Waals surface area contributed by atoms with Crippen LogP contribution in [-0.2, 0) is 6.18 Å². The lowest BCUT2D eigenvalue weighted by Crippen LogP contribution is -2.07. The molecule has 0 spiro atoms. The van der Waals surface area contributed by atoms with Crippen LogP contribution >= 0.6 is 0 Å². The van der Waals surface area contributed by atoms with E-state index in [0.29, 0.717) is 16.9 Å². The van der Waals surface area contributed by atoms with Gasteiger partial charge in [0.1, 0.15) is 0 Å². The molecule has 158 valence electrons. The van der Waals surface area contributed by atoms with Gasteiger partial charge in [-0.05, 0) is 51.4 Å². The highest BCUT2D eigenvalue weighted by atomic mass is 19.4. The maximum atomic E-state index is 13.5. The van der Waals surface area contributed by atoms with Crippen LogP contribution in [0.4, 0.5) is 13.2 Å². The molecule has 4 aromatic carbocycles. The molecule has 0 unspecified atom stereocenters. The first-order chi connectivity index (χ1) is 15.4. The van der Waals surface area contributed by atoms with Gasteiger partial charge in [0.2, 0.25) is 0 Å². The molecule has 0 bridgehead atoms. The average Bonchev–Trinajstić information content (AvgIpc) is 3.25. The maximum Gasteiger partial charge on any atom is 0.435 e. The molecule has 0 fully saturated rings. The third-order valence-corrected chi connectivity index (χ3v) is 5.40. The summed E-state index contributed by atoms with van der Waals surface area (Å²) in [6.07, 6.45) is -3.10. The molecule has 1 aromatic heterocycles. The van der Waals surface area contributed by atoms with Gasteiger partial charge in [0, 0.05) is 5.56 Å². The van der Waals surface area contributed by atoms with Gasteiger partial charge in [0.15, 0.2) is 5.69 Å². The molecule has 32 heavy (non-hydrogen) atoms. The van der Waals surface area contributed by atoms with Gasteiger partial charge in [0.05, 0.1) is 17.6 Å². The van der Waals surface area contributed by atoms with Crippen molar-refractivity contribution in [2.45, 2.75) is 6.18 Å². The van der Waals surface area contributed by atoms with Crippen molar-refractivity contribution in [1.82, 2.24) is 9.78 Å². The minimum atomic E-state index is -4.56. The van der Waals surface area contributed by atoms with Crippen LogP contribution < -0.4 is 5.84 Å². The summed E-state index contributed by atoms with van der Waals surface area (Å²) in [6.45, 7) is 0. The van der Waals surface area contributed by atoms with Crippen LogP contribution in [0.15, 0.2) is 90.0 Å². The Morgan fingerprint density at radius 2 is 1.53 bits per heavy atom. The van der Waals surface area contributed by atoms with Crippen LogP contribution in [0.5, 0.6) is 0 Å². The van der Waals surface area contributed by atoms with Gasteiger partial charge >= 0.3 is 6.18 Å². The Balaban J connectivity index is 1.68. The van der Waals surface area contributed by atoms with E-state index in [4.69, 9.17) is 5.84 Å². The topological polar surface area (TPSA) is 56.2 Å². The van der Waals surface area contributed by atoms with Crippen LogP contribution in [0.3, 0.4) is 0 Å². The minimum Gasteiger partial charge on any atom is -0.323 e. The zero-order valence-corrected chi connectivity index (χ0v) is 16.7. The molecule has 0 saturated carbocycles. The fourth-order valence-electron chi connectivity index (χ4n) is 3.88. The minimum absolute atomic E-state index is 0.354. The molecule has 0 atom stereocenters. The number of hydrazone groups is 1. The van der Waals surface area contributed by atoms with E-state index in [-0.39, 0.29) is 0 Å². The second-order valence-electron chi connectivity index (χ2n) is 7.42.